The van der Waals surface area contributed by atoms with E-state index in [4.69, 9.17) is 10.5 Å². The Hall–Kier alpha value is -1.46. The summed E-state index contributed by atoms with van der Waals surface area (Å²) >= 11 is 0. The zero-order valence-corrected chi connectivity index (χ0v) is 10.3. The molecular weight excluding hydrogens is 230 g/mol. The Morgan fingerprint density at radius 3 is 3.22 bits per heavy atom. The highest BCUT2D eigenvalue weighted by atomic mass is 16.5. The van der Waals surface area contributed by atoms with Crippen molar-refractivity contribution in [1.29, 1.82) is 0 Å². The van der Waals surface area contributed by atoms with Crippen LogP contribution in [-0.2, 0) is 22.5 Å². The Kier molecular flexibility index (Phi) is 2.80. The van der Waals surface area contributed by atoms with Gasteiger partial charge in [0.05, 0.1) is 6.61 Å². The number of pyridine rings is 1. The molecule has 0 spiro atoms. The van der Waals surface area contributed by atoms with Gasteiger partial charge >= 0.3 is 0 Å². The molecule has 0 bridgehead atoms. The second kappa shape index (κ2) is 4.33. The van der Waals surface area contributed by atoms with Crippen molar-refractivity contribution in [2.45, 2.75) is 24.9 Å². The first-order valence-corrected chi connectivity index (χ1v) is 6.28. The lowest BCUT2D eigenvalue weighted by Crippen LogP contribution is -2.56. The maximum atomic E-state index is 12.4. The zero-order chi connectivity index (χ0) is 12.6. The molecule has 1 saturated heterocycles. The maximum absolute atomic E-state index is 12.4. The average Bonchev–Trinajstić information content (AvgIpc) is 2.85. The monoisotopic (exact) mass is 247 g/mol. The largest absolute Gasteiger partial charge is 0.379 e. The lowest BCUT2D eigenvalue weighted by atomic mass is 9.96. The van der Waals surface area contributed by atoms with Crippen LogP contribution in [-0.4, -0.2) is 41.1 Å². The molecule has 1 aromatic heterocycles. The predicted molar refractivity (Wildman–Crippen MR) is 65.7 cm³/mol. The van der Waals surface area contributed by atoms with Crippen LogP contribution in [0, 0.1) is 0 Å². The molecule has 0 saturated carbocycles. The van der Waals surface area contributed by atoms with Crippen molar-refractivity contribution in [2.75, 3.05) is 19.8 Å². The Morgan fingerprint density at radius 2 is 2.44 bits per heavy atom. The van der Waals surface area contributed by atoms with Gasteiger partial charge in [-0.3, -0.25) is 9.78 Å². The van der Waals surface area contributed by atoms with Crippen molar-refractivity contribution in [1.82, 2.24) is 9.88 Å². The number of aromatic nitrogens is 1. The molecular formula is C13H17N3O2. The van der Waals surface area contributed by atoms with Gasteiger partial charge in [-0.2, -0.15) is 0 Å². The lowest BCUT2D eigenvalue weighted by Gasteiger charge is -2.33. The Balaban J connectivity index is 1.78. The second-order valence-electron chi connectivity index (χ2n) is 5.04. The van der Waals surface area contributed by atoms with E-state index in [1.807, 2.05) is 17.0 Å². The molecule has 5 nitrogen and oxygen atoms in total. The summed E-state index contributed by atoms with van der Waals surface area (Å²) in [7, 11) is 0. The summed E-state index contributed by atoms with van der Waals surface area (Å²) in [5.41, 5.74) is 7.52. The third-order valence-corrected chi connectivity index (χ3v) is 3.73. The highest BCUT2D eigenvalue weighted by Crippen LogP contribution is 2.23. The van der Waals surface area contributed by atoms with Crippen LogP contribution in [0.15, 0.2) is 18.3 Å². The highest BCUT2D eigenvalue weighted by Gasteiger charge is 2.41. The first-order valence-electron chi connectivity index (χ1n) is 6.28. The minimum Gasteiger partial charge on any atom is -0.379 e. The van der Waals surface area contributed by atoms with E-state index >= 15 is 0 Å². The molecule has 96 valence electrons. The number of fused-ring (bicyclic) bond motifs is 1. The van der Waals surface area contributed by atoms with Crippen LogP contribution in [0.3, 0.4) is 0 Å². The van der Waals surface area contributed by atoms with E-state index in [1.54, 1.807) is 6.20 Å². The van der Waals surface area contributed by atoms with E-state index in [9.17, 15) is 4.79 Å². The fourth-order valence-electron chi connectivity index (χ4n) is 2.60. The maximum Gasteiger partial charge on any atom is 0.245 e. The van der Waals surface area contributed by atoms with Crippen LogP contribution in [0.25, 0.3) is 0 Å². The van der Waals surface area contributed by atoms with E-state index < -0.39 is 5.54 Å². The summed E-state index contributed by atoms with van der Waals surface area (Å²) in [6.07, 6.45) is 3.21. The van der Waals surface area contributed by atoms with Crippen LogP contribution in [0.4, 0.5) is 0 Å². The number of carbonyl (C=O) groups excluding carboxylic acids is 1. The van der Waals surface area contributed by atoms with Crippen LogP contribution >= 0.6 is 0 Å². The van der Waals surface area contributed by atoms with Gasteiger partial charge in [-0.15, -0.1) is 0 Å². The molecule has 1 unspecified atom stereocenters. The number of rotatable bonds is 1. The molecule has 3 rings (SSSR count). The van der Waals surface area contributed by atoms with Gasteiger partial charge in [-0.05, 0) is 18.1 Å². The minimum atomic E-state index is -0.820. The summed E-state index contributed by atoms with van der Waals surface area (Å²) in [4.78, 5) is 18.6. The molecule has 3 heterocycles. The van der Waals surface area contributed by atoms with Crippen LogP contribution in [0.5, 0.6) is 0 Å². The van der Waals surface area contributed by atoms with Crippen molar-refractivity contribution in [2.24, 2.45) is 5.73 Å². The van der Waals surface area contributed by atoms with Crippen LogP contribution in [0.2, 0.25) is 0 Å². The van der Waals surface area contributed by atoms with Gasteiger partial charge in [0.15, 0.2) is 0 Å². The number of carbonyl (C=O) groups is 1. The standard InChI is InChI=1S/C13H17N3O2/c14-13(4-7-18-9-13)12(17)16-6-3-11-10(8-16)2-1-5-15-11/h1-2,5H,3-4,6-9,14H2. The van der Waals surface area contributed by atoms with E-state index in [1.165, 1.54) is 0 Å². The Morgan fingerprint density at radius 1 is 1.56 bits per heavy atom. The van der Waals surface area contributed by atoms with E-state index in [0.717, 1.165) is 17.7 Å². The van der Waals surface area contributed by atoms with E-state index in [2.05, 4.69) is 4.98 Å². The molecule has 0 radical (unpaired) electrons. The molecule has 5 heteroatoms. The lowest BCUT2D eigenvalue weighted by molar-refractivity contribution is -0.138. The smallest absolute Gasteiger partial charge is 0.245 e. The van der Waals surface area contributed by atoms with Crippen molar-refractivity contribution < 1.29 is 9.53 Å². The first-order chi connectivity index (χ1) is 8.69. The van der Waals surface area contributed by atoms with Crippen LogP contribution in [0.1, 0.15) is 17.7 Å². The van der Waals surface area contributed by atoms with Gasteiger partial charge in [-0.1, -0.05) is 6.07 Å². The summed E-state index contributed by atoms with van der Waals surface area (Å²) in [5, 5.41) is 0. The van der Waals surface area contributed by atoms with Gasteiger partial charge in [0.25, 0.3) is 0 Å². The number of nitrogens with two attached hydrogens (primary N) is 1. The normalized spacial score (nSPS) is 27.1. The van der Waals surface area contributed by atoms with Crippen molar-refractivity contribution in [3.8, 4) is 0 Å². The van der Waals surface area contributed by atoms with Crippen molar-refractivity contribution in [3.05, 3.63) is 29.6 Å². The fourth-order valence-corrected chi connectivity index (χ4v) is 2.60. The van der Waals surface area contributed by atoms with E-state index in [0.29, 0.717) is 32.7 Å². The highest BCUT2D eigenvalue weighted by molar-refractivity contribution is 5.86. The molecule has 0 aromatic carbocycles. The quantitative estimate of drug-likeness (QED) is 0.763. The Labute approximate surface area is 106 Å². The summed E-state index contributed by atoms with van der Waals surface area (Å²) < 4.78 is 5.26. The molecule has 18 heavy (non-hydrogen) atoms. The minimum absolute atomic E-state index is 0.00880. The van der Waals surface area contributed by atoms with Crippen molar-refractivity contribution >= 4 is 5.91 Å². The Bertz CT molecular complexity index is 469. The number of hydrogen-bond acceptors (Lipinski definition) is 4. The second-order valence-corrected chi connectivity index (χ2v) is 5.04. The molecule has 1 amide bonds. The number of hydrogen-bond donors (Lipinski definition) is 1. The molecule has 2 aliphatic heterocycles. The first kappa shape index (κ1) is 11.6. The molecule has 1 fully saturated rings. The SMILES string of the molecule is NC1(C(=O)N2CCc3ncccc3C2)CCOC1. The average molecular weight is 247 g/mol. The topological polar surface area (TPSA) is 68.5 Å². The van der Waals surface area contributed by atoms with Gasteiger partial charge < -0.3 is 15.4 Å². The number of ether oxygens (including phenoxy) is 1. The predicted octanol–water partition coefficient (Wildman–Crippen LogP) is 0.0841. The fraction of sp³-hybridized carbons (Fsp3) is 0.538. The molecule has 1 atom stereocenters. The third kappa shape index (κ3) is 1.89. The summed E-state index contributed by atoms with van der Waals surface area (Å²) in [5.74, 6) is 0.00880. The molecule has 0 aliphatic carbocycles. The van der Waals surface area contributed by atoms with Gasteiger partial charge in [0.2, 0.25) is 5.91 Å². The van der Waals surface area contributed by atoms with Crippen LogP contribution < -0.4 is 5.73 Å². The zero-order valence-electron chi connectivity index (χ0n) is 10.3. The van der Waals surface area contributed by atoms with Crippen molar-refractivity contribution in [3.63, 3.8) is 0 Å². The summed E-state index contributed by atoms with van der Waals surface area (Å²) in [6.45, 7) is 2.22. The van der Waals surface area contributed by atoms with Gasteiger partial charge in [0.1, 0.15) is 5.54 Å². The third-order valence-electron chi connectivity index (χ3n) is 3.73. The molecule has 1 aromatic rings. The number of nitrogens with zero attached hydrogens (tertiary/aromatic N) is 2. The number of amides is 1. The van der Waals surface area contributed by atoms with Gasteiger partial charge in [-0.25, -0.2) is 0 Å². The van der Waals surface area contributed by atoms with E-state index in [-0.39, 0.29) is 5.91 Å². The summed E-state index contributed by atoms with van der Waals surface area (Å²) in [6, 6.07) is 3.93. The molecule has 2 N–H and O–H groups in total. The molecule has 2 aliphatic rings. The van der Waals surface area contributed by atoms with Gasteiger partial charge in [0, 0.05) is 38.0 Å².